The van der Waals surface area contributed by atoms with Crippen LogP contribution in [0.4, 0.5) is 10.1 Å². The number of nitrogen functional groups attached to an aromatic ring is 1. The van der Waals surface area contributed by atoms with E-state index in [-0.39, 0.29) is 17.9 Å². The van der Waals surface area contributed by atoms with E-state index in [2.05, 4.69) is 0 Å². The molecule has 0 saturated heterocycles. The highest BCUT2D eigenvalue weighted by atomic mass is 19.1. The first-order valence-electron chi connectivity index (χ1n) is 6.50. The monoisotopic (exact) mass is 267 g/mol. The Balaban J connectivity index is 2.12. The second-order valence-corrected chi connectivity index (χ2v) is 4.76. The summed E-state index contributed by atoms with van der Waals surface area (Å²) in [7, 11) is 0. The number of rotatable bonds is 6. The number of carbonyl (C=O) groups excluding carboxylic acids is 1. The molecule has 1 aromatic carbocycles. The van der Waals surface area contributed by atoms with Crippen molar-refractivity contribution in [3.05, 3.63) is 23.5 Å². The number of esters is 1. The minimum absolute atomic E-state index is 0.0271. The molecule has 1 saturated carbocycles. The molecule has 0 atom stereocenters. The summed E-state index contributed by atoms with van der Waals surface area (Å²) >= 11 is 0. The van der Waals surface area contributed by atoms with Crippen molar-refractivity contribution in [2.75, 3.05) is 18.9 Å². The third-order valence-electron chi connectivity index (χ3n) is 2.94. The SMILES string of the molecule is CCCOC(=O)c1cc(OCC2CC2)cc(F)c1N. The summed E-state index contributed by atoms with van der Waals surface area (Å²) in [6.45, 7) is 2.71. The van der Waals surface area contributed by atoms with Gasteiger partial charge in [-0.3, -0.25) is 0 Å². The maximum absolute atomic E-state index is 13.6. The first kappa shape index (κ1) is 13.6. The second-order valence-electron chi connectivity index (χ2n) is 4.76. The van der Waals surface area contributed by atoms with E-state index in [0.717, 1.165) is 12.8 Å². The van der Waals surface area contributed by atoms with Crippen molar-refractivity contribution in [3.63, 3.8) is 0 Å². The van der Waals surface area contributed by atoms with Crippen LogP contribution < -0.4 is 10.5 Å². The fourth-order valence-electron chi connectivity index (χ4n) is 1.62. The molecule has 1 aromatic rings. The van der Waals surface area contributed by atoms with E-state index in [9.17, 15) is 9.18 Å². The summed E-state index contributed by atoms with van der Waals surface area (Å²) in [5.41, 5.74) is 5.39. The molecular weight excluding hydrogens is 249 g/mol. The van der Waals surface area contributed by atoms with Crippen molar-refractivity contribution in [1.82, 2.24) is 0 Å². The van der Waals surface area contributed by atoms with Gasteiger partial charge in [0.2, 0.25) is 0 Å². The van der Waals surface area contributed by atoms with Crippen LogP contribution in [0.1, 0.15) is 36.5 Å². The van der Waals surface area contributed by atoms with Gasteiger partial charge < -0.3 is 15.2 Å². The van der Waals surface area contributed by atoms with Gasteiger partial charge in [0.15, 0.2) is 5.82 Å². The summed E-state index contributed by atoms with van der Waals surface area (Å²) in [5.74, 6) is -0.398. The third-order valence-corrected chi connectivity index (χ3v) is 2.94. The minimum Gasteiger partial charge on any atom is -0.493 e. The fraction of sp³-hybridized carbons (Fsp3) is 0.500. The molecule has 0 spiro atoms. The van der Waals surface area contributed by atoms with Gasteiger partial charge in [0.05, 0.1) is 24.5 Å². The van der Waals surface area contributed by atoms with E-state index >= 15 is 0 Å². The van der Waals surface area contributed by atoms with E-state index < -0.39 is 11.8 Å². The molecule has 1 aliphatic carbocycles. The molecule has 5 heteroatoms. The highest BCUT2D eigenvalue weighted by Gasteiger charge is 2.23. The predicted octanol–water partition coefficient (Wildman–Crippen LogP) is 2.76. The van der Waals surface area contributed by atoms with Gasteiger partial charge in [-0.15, -0.1) is 0 Å². The van der Waals surface area contributed by atoms with Crippen LogP contribution >= 0.6 is 0 Å². The maximum Gasteiger partial charge on any atom is 0.340 e. The number of ether oxygens (including phenoxy) is 2. The van der Waals surface area contributed by atoms with Crippen LogP contribution in [0.25, 0.3) is 0 Å². The van der Waals surface area contributed by atoms with Gasteiger partial charge in [-0.2, -0.15) is 0 Å². The first-order chi connectivity index (χ1) is 9.11. The Bertz CT molecular complexity index is 472. The van der Waals surface area contributed by atoms with Crippen molar-refractivity contribution in [2.24, 2.45) is 5.92 Å². The van der Waals surface area contributed by atoms with Crippen LogP contribution in [-0.2, 0) is 4.74 Å². The first-order valence-corrected chi connectivity index (χ1v) is 6.50. The van der Waals surface area contributed by atoms with E-state index in [4.69, 9.17) is 15.2 Å². The Morgan fingerprint density at radius 2 is 2.21 bits per heavy atom. The molecule has 0 radical (unpaired) electrons. The average Bonchev–Trinajstić information content (AvgIpc) is 3.21. The number of nitrogens with two attached hydrogens (primary N) is 1. The minimum atomic E-state index is -0.656. The largest absolute Gasteiger partial charge is 0.493 e. The van der Waals surface area contributed by atoms with Crippen LogP contribution in [0.2, 0.25) is 0 Å². The quantitative estimate of drug-likeness (QED) is 0.636. The van der Waals surface area contributed by atoms with Gasteiger partial charge in [0, 0.05) is 6.07 Å². The summed E-state index contributed by atoms with van der Waals surface area (Å²) in [6, 6.07) is 2.65. The molecule has 0 amide bonds. The van der Waals surface area contributed by atoms with Crippen molar-refractivity contribution in [2.45, 2.75) is 26.2 Å². The molecule has 0 heterocycles. The summed E-state index contributed by atoms with van der Waals surface area (Å²) in [6.07, 6.45) is 2.98. The topological polar surface area (TPSA) is 61.5 Å². The zero-order valence-corrected chi connectivity index (χ0v) is 10.9. The standard InChI is InChI=1S/C14H18FNO3/c1-2-5-18-14(17)11-6-10(7-12(15)13(11)16)19-8-9-3-4-9/h6-7,9H,2-5,8,16H2,1H3. The number of hydrogen-bond acceptors (Lipinski definition) is 4. The van der Waals surface area contributed by atoms with Gasteiger partial charge in [-0.1, -0.05) is 6.92 Å². The molecule has 0 aliphatic heterocycles. The van der Waals surface area contributed by atoms with E-state index in [1.54, 1.807) is 0 Å². The Kier molecular flexibility index (Phi) is 4.24. The molecule has 19 heavy (non-hydrogen) atoms. The van der Waals surface area contributed by atoms with E-state index in [0.29, 0.717) is 24.7 Å². The van der Waals surface area contributed by atoms with Gasteiger partial charge in [-0.25, -0.2) is 9.18 Å². The number of anilines is 1. The number of carbonyl (C=O) groups is 1. The zero-order valence-electron chi connectivity index (χ0n) is 10.9. The molecule has 2 rings (SSSR count). The highest BCUT2D eigenvalue weighted by molar-refractivity contribution is 5.95. The molecule has 1 fully saturated rings. The number of benzene rings is 1. The van der Waals surface area contributed by atoms with Crippen molar-refractivity contribution >= 4 is 11.7 Å². The van der Waals surface area contributed by atoms with E-state index in [1.807, 2.05) is 6.92 Å². The van der Waals surface area contributed by atoms with Crippen molar-refractivity contribution in [3.8, 4) is 5.75 Å². The lowest BCUT2D eigenvalue weighted by Gasteiger charge is -2.11. The van der Waals surface area contributed by atoms with Gasteiger partial charge in [0.1, 0.15) is 5.75 Å². The van der Waals surface area contributed by atoms with Gasteiger partial charge >= 0.3 is 5.97 Å². The smallest absolute Gasteiger partial charge is 0.340 e. The Hall–Kier alpha value is -1.78. The second kappa shape index (κ2) is 5.91. The average molecular weight is 267 g/mol. The predicted molar refractivity (Wildman–Crippen MR) is 69.6 cm³/mol. The molecule has 0 aromatic heterocycles. The number of halogens is 1. The molecular formula is C14H18FNO3. The van der Waals surface area contributed by atoms with Crippen molar-refractivity contribution in [1.29, 1.82) is 0 Å². The van der Waals surface area contributed by atoms with Crippen LogP contribution in [0, 0.1) is 11.7 Å². The van der Waals surface area contributed by atoms with Crippen LogP contribution in [0.15, 0.2) is 12.1 Å². The molecule has 2 N–H and O–H groups in total. The molecule has 0 bridgehead atoms. The molecule has 4 nitrogen and oxygen atoms in total. The summed E-state index contributed by atoms with van der Waals surface area (Å²) in [5, 5.41) is 0. The Labute approximate surface area is 111 Å². The van der Waals surface area contributed by atoms with Crippen molar-refractivity contribution < 1.29 is 18.7 Å². The Morgan fingerprint density at radius 1 is 1.47 bits per heavy atom. The van der Waals surface area contributed by atoms with Gasteiger partial charge in [-0.05, 0) is 31.2 Å². The fourth-order valence-corrected chi connectivity index (χ4v) is 1.62. The van der Waals surface area contributed by atoms with Crippen LogP contribution in [0.5, 0.6) is 5.75 Å². The lowest BCUT2D eigenvalue weighted by molar-refractivity contribution is 0.0505. The lowest BCUT2D eigenvalue weighted by atomic mass is 10.1. The maximum atomic E-state index is 13.6. The van der Waals surface area contributed by atoms with Crippen LogP contribution in [-0.4, -0.2) is 19.2 Å². The normalized spacial score (nSPS) is 14.2. The highest BCUT2D eigenvalue weighted by Crippen LogP contribution is 2.31. The Morgan fingerprint density at radius 3 is 2.84 bits per heavy atom. The molecule has 1 aliphatic rings. The molecule has 0 unspecified atom stereocenters. The zero-order chi connectivity index (χ0) is 13.8. The van der Waals surface area contributed by atoms with Crippen LogP contribution in [0.3, 0.4) is 0 Å². The third kappa shape index (κ3) is 3.59. The number of hydrogen-bond donors (Lipinski definition) is 1. The van der Waals surface area contributed by atoms with E-state index in [1.165, 1.54) is 12.1 Å². The lowest BCUT2D eigenvalue weighted by Crippen LogP contribution is -2.11. The molecule has 104 valence electrons. The van der Waals surface area contributed by atoms with Gasteiger partial charge in [0.25, 0.3) is 0 Å². The summed E-state index contributed by atoms with van der Waals surface area (Å²) < 4.78 is 24.1. The summed E-state index contributed by atoms with van der Waals surface area (Å²) in [4.78, 5) is 11.8.